The number of nitrogens with one attached hydrogen (secondary N) is 2. The Labute approximate surface area is 174 Å². The van der Waals surface area contributed by atoms with Gasteiger partial charge in [0.15, 0.2) is 0 Å². The summed E-state index contributed by atoms with van der Waals surface area (Å²) in [6.07, 6.45) is 0. The lowest BCUT2D eigenvalue weighted by Gasteiger charge is -2.24. The normalized spacial score (nSPS) is 12.8. The zero-order chi connectivity index (χ0) is 21.7. The molecule has 0 radical (unpaired) electrons. The number of anilines is 1. The Morgan fingerprint density at radius 1 is 1.00 bits per heavy atom. The summed E-state index contributed by atoms with van der Waals surface area (Å²) in [5, 5.41) is 6.07. The fraction of sp³-hybridized carbons (Fsp3) is 0.208. The second-order valence-corrected chi connectivity index (χ2v) is 7.09. The van der Waals surface area contributed by atoms with Gasteiger partial charge < -0.3 is 10.1 Å². The predicted octanol–water partition coefficient (Wildman–Crippen LogP) is 5.31. The van der Waals surface area contributed by atoms with E-state index in [-0.39, 0.29) is 11.5 Å². The molecule has 0 aliphatic heterocycles. The van der Waals surface area contributed by atoms with Gasteiger partial charge in [-0.3, -0.25) is 10.1 Å². The molecule has 0 aliphatic carbocycles. The van der Waals surface area contributed by atoms with E-state index in [1.54, 1.807) is 13.0 Å². The number of benzene rings is 3. The number of carbonyl (C=O) groups excluding carboxylic acids is 1. The molecule has 1 amide bonds. The lowest BCUT2D eigenvalue weighted by atomic mass is 10.0. The Kier molecular flexibility index (Phi) is 6.79. The fourth-order valence-corrected chi connectivity index (χ4v) is 3.29. The van der Waals surface area contributed by atoms with Crippen molar-refractivity contribution in [3.8, 4) is 5.75 Å². The molecule has 2 atom stereocenters. The number of aryl methyl sites for hydroxylation is 1. The maximum atomic E-state index is 14.2. The highest BCUT2D eigenvalue weighted by Crippen LogP contribution is 2.28. The molecule has 0 unspecified atom stereocenters. The monoisotopic (exact) mass is 410 g/mol. The Morgan fingerprint density at radius 2 is 1.73 bits per heavy atom. The number of methoxy groups -OCH3 is 1. The minimum absolute atomic E-state index is 0.276. The van der Waals surface area contributed by atoms with E-state index in [4.69, 9.17) is 4.74 Å². The zero-order valence-corrected chi connectivity index (χ0v) is 17.1. The van der Waals surface area contributed by atoms with Crippen molar-refractivity contribution in [2.24, 2.45) is 0 Å². The van der Waals surface area contributed by atoms with Crippen LogP contribution >= 0.6 is 0 Å². The van der Waals surface area contributed by atoms with Gasteiger partial charge >= 0.3 is 0 Å². The van der Waals surface area contributed by atoms with Crippen LogP contribution in [0.2, 0.25) is 0 Å². The first-order valence-electron chi connectivity index (χ1n) is 9.60. The van der Waals surface area contributed by atoms with Crippen molar-refractivity contribution in [1.29, 1.82) is 0 Å². The van der Waals surface area contributed by atoms with Crippen molar-refractivity contribution in [3.63, 3.8) is 0 Å². The predicted molar refractivity (Wildman–Crippen MR) is 113 cm³/mol. The third-order valence-electron chi connectivity index (χ3n) is 4.85. The van der Waals surface area contributed by atoms with Crippen LogP contribution in [0.1, 0.15) is 35.7 Å². The van der Waals surface area contributed by atoms with Crippen molar-refractivity contribution in [2.45, 2.75) is 25.9 Å². The number of carbonyl (C=O) groups is 1. The highest BCUT2D eigenvalue weighted by atomic mass is 19.1. The molecule has 30 heavy (non-hydrogen) atoms. The van der Waals surface area contributed by atoms with Crippen molar-refractivity contribution in [1.82, 2.24) is 5.32 Å². The van der Waals surface area contributed by atoms with Gasteiger partial charge in [-0.15, -0.1) is 0 Å². The summed E-state index contributed by atoms with van der Waals surface area (Å²) >= 11 is 0. The van der Waals surface area contributed by atoms with E-state index in [1.807, 2.05) is 49.4 Å². The summed E-state index contributed by atoms with van der Waals surface area (Å²) in [6, 6.07) is 16.7. The lowest BCUT2D eigenvalue weighted by molar-refractivity contribution is -0.118. The maximum absolute atomic E-state index is 14.2. The van der Waals surface area contributed by atoms with E-state index in [9.17, 15) is 13.6 Å². The largest absolute Gasteiger partial charge is 0.495 e. The van der Waals surface area contributed by atoms with Crippen LogP contribution in [0.3, 0.4) is 0 Å². The first kappa shape index (κ1) is 21.5. The third-order valence-corrected chi connectivity index (χ3v) is 4.85. The van der Waals surface area contributed by atoms with Crippen molar-refractivity contribution >= 4 is 11.6 Å². The summed E-state index contributed by atoms with van der Waals surface area (Å²) in [4.78, 5) is 13.2. The van der Waals surface area contributed by atoms with Gasteiger partial charge in [0.1, 0.15) is 23.4 Å². The summed E-state index contributed by atoms with van der Waals surface area (Å²) in [5.74, 6) is -1.09. The van der Waals surface area contributed by atoms with Gasteiger partial charge in [0.05, 0.1) is 12.8 Å². The van der Waals surface area contributed by atoms with Gasteiger partial charge in [-0.2, -0.15) is 0 Å². The molecular weight excluding hydrogens is 386 g/mol. The molecule has 156 valence electrons. The van der Waals surface area contributed by atoms with Crippen LogP contribution in [-0.4, -0.2) is 13.0 Å². The van der Waals surface area contributed by atoms with Crippen molar-refractivity contribution in [2.75, 3.05) is 12.4 Å². The molecule has 2 N–H and O–H groups in total. The topological polar surface area (TPSA) is 50.4 Å². The average molecular weight is 410 g/mol. The highest BCUT2D eigenvalue weighted by Gasteiger charge is 2.25. The number of rotatable bonds is 7. The molecule has 4 nitrogen and oxygen atoms in total. The number of hydrogen-bond donors (Lipinski definition) is 2. The van der Waals surface area contributed by atoms with Gasteiger partial charge in [-0.25, -0.2) is 8.78 Å². The van der Waals surface area contributed by atoms with E-state index >= 15 is 0 Å². The lowest BCUT2D eigenvalue weighted by Crippen LogP contribution is -2.35. The Morgan fingerprint density at radius 3 is 2.40 bits per heavy atom. The molecule has 3 rings (SSSR count). The molecule has 0 spiro atoms. The van der Waals surface area contributed by atoms with Gasteiger partial charge in [0, 0.05) is 17.7 Å². The smallest absolute Gasteiger partial charge is 0.246 e. The van der Waals surface area contributed by atoms with Gasteiger partial charge in [0.2, 0.25) is 5.91 Å². The molecular formula is C24H24F2N2O2. The number of halogens is 2. The van der Waals surface area contributed by atoms with E-state index < -0.39 is 23.7 Å². The molecule has 0 aliphatic rings. The number of ether oxygens (including phenoxy) is 1. The molecule has 6 heteroatoms. The quantitative estimate of drug-likeness (QED) is 0.555. The highest BCUT2D eigenvalue weighted by molar-refractivity contribution is 5.96. The second-order valence-electron chi connectivity index (χ2n) is 7.09. The molecule has 0 aromatic heterocycles. The minimum Gasteiger partial charge on any atom is -0.495 e. The van der Waals surface area contributed by atoms with Crippen LogP contribution in [0.4, 0.5) is 14.5 Å². The first-order valence-corrected chi connectivity index (χ1v) is 9.60. The SMILES string of the molecule is COc1ccc(C)cc1NC(=O)[C@@H](N[C@@H](C)c1ccc(F)cc1F)c1ccccc1. The summed E-state index contributed by atoms with van der Waals surface area (Å²) < 4.78 is 32.9. The van der Waals surface area contributed by atoms with Crippen LogP contribution in [0.5, 0.6) is 5.75 Å². The molecule has 0 saturated carbocycles. The number of hydrogen-bond acceptors (Lipinski definition) is 3. The van der Waals surface area contributed by atoms with Crippen molar-refractivity contribution < 1.29 is 18.3 Å². The average Bonchev–Trinajstić information content (AvgIpc) is 2.72. The molecule has 0 fully saturated rings. The van der Waals surface area contributed by atoms with Crippen LogP contribution in [0, 0.1) is 18.6 Å². The molecule has 0 saturated heterocycles. The fourth-order valence-electron chi connectivity index (χ4n) is 3.29. The van der Waals surface area contributed by atoms with Crippen LogP contribution in [0.25, 0.3) is 0 Å². The third kappa shape index (κ3) is 5.02. The van der Waals surface area contributed by atoms with Crippen LogP contribution in [-0.2, 0) is 4.79 Å². The molecule has 0 heterocycles. The minimum atomic E-state index is -0.768. The van der Waals surface area contributed by atoms with Gasteiger partial charge in [0.25, 0.3) is 0 Å². The van der Waals surface area contributed by atoms with E-state index in [0.717, 1.165) is 17.2 Å². The van der Waals surface area contributed by atoms with E-state index in [2.05, 4.69) is 10.6 Å². The zero-order valence-electron chi connectivity index (χ0n) is 17.1. The Bertz CT molecular complexity index is 1020. The second kappa shape index (κ2) is 9.50. The van der Waals surface area contributed by atoms with E-state index in [0.29, 0.717) is 11.4 Å². The standard InChI is InChI=1S/C24H24F2N2O2/c1-15-9-12-22(30-3)21(13-15)28-24(29)23(17-7-5-4-6-8-17)27-16(2)19-11-10-18(25)14-20(19)26/h4-14,16,23,27H,1-3H3,(H,28,29)/t16-,23-/m0/s1. The van der Waals surface area contributed by atoms with Gasteiger partial charge in [-0.1, -0.05) is 42.5 Å². The van der Waals surface area contributed by atoms with E-state index in [1.165, 1.54) is 19.2 Å². The van der Waals surface area contributed by atoms with Crippen LogP contribution < -0.4 is 15.4 Å². The summed E-state index contributed by atoms with van der Waals surface area (Å²) in [7, 11) is 1.53. The Balaban J connectivity index is 1.89. The Hall–Kier alpha value is -3.25. The molecule has 3 aromatic rings. The molecule has 3 aromatic carbocycles. The molecule has 0 bridgehead atoms. The van der Waals surface area contributed by atoms with Gasteiger partial charge in [-0.05, 0) is 43.2 Å². The summed E-state index contributed by atoms with van der Waals surface area (Å²) in [6.45, 7) is 3.65. The van der Waals surface area contributed by atoms with Crippen molar-refractivity contribution in [3.05, 3.63) is 95.1 Å². The first-order chi connectivity index (χ1) is 14.4. The summed E-state index contributed by atoms with van der Waals surface area (Å²) in [5.41, 5.74) is 2.51. The van der Waals surface area contributed by atoms with Crippen LogP contribution in [0.15, 0.2) is 66.7 Å². The maximum Gasteiger partial charge on any atom is 0.246 e. The number of amides is 1.